The number of hydrogen-bond donors (Lipinski definition) is 1. The van der Waals surface area contributed by atoms with E-state index in [1.807, 2.05) is 61.2 Å². The molecule has 1 aromatic carbocycles. The number of aromatic nitrogens is 3. The summed E-state index contributed by atoms with van der Waals surface area (Å²) >= 11 is 0. The van der Waals surface area contributed by atoms with Gasteiger partial charge < -0.3 is 5.32 Å². The van der Waals surface area contributed by atoms with Crippen LogP contribution in [0.15, 0.2) is 35.1 Å². The fourth-order valence-corrected chi connectivity index (χ4v) is 2.91. The Hall–Kier alpha value is -2.63. The SMILES string of the molecule is Cc1cc(=O)nc2c3ccccc3n([C@H](C)C(=O)NC(C)C)n12. The van der Waals surface area contributed by atoms with Crippen molar-refractivity contribution in [3.05, 3.63) is 46.4 Å². The number of rotatable bonds is 3. The molecule has 0 fully saturated rings. The number of para-hydroxylation sites is 1. The second-order valence-corrected chi connectivity index (χ2v) is 6.07. The Balaban J connectivity index is 2.34. The number of nitrogens with zero attached hydrogens (tertiary/aromatic N) is 3. The van der Waals surface area contributed by atoms with Crippen LogP contribution in [0, 0.1) is 6.92 Å². The lowest BCUT2D eigenvalue weighted by molar-refractivity contribution is -0.124. The molecule has 1 N–H and O–H groups in total. The van der Waals surface area contributed by atoms with Crippen LogP contribution in [0.3, 0.4) is 0 Å². The highest BCUT2D eigenvalue weighted by atomic mass is 16.2. The van der Waals surface area contributed by atoms with Crippen molar-refractivity contribution < 1.29 is 4.79 Å². The number of hydrogen-bond acceptors (Lipinski definition) is 3. The first-order valence-corrected chi connectivity index (χ1v) is 7.70. The van der Waals surface area contributed by atoms with E-state index >= 15 is 0 Å². The summed E-state index contributed by atoms with van der Waals surface area (Å²) in [5, 5.41) is 3.79. The van der Waals surface area contributed by atoms with Crippen molar-refractivity contribution in [2.45, 2.75) is 39.8 Å². The average Bonchev–Trinajstić information content (AvgIpc) is 2.81. The molecule has 0 aliphatic rings. The number of carbonyl (C=O) groups excluding carboxylic acids is 1. The van der Waals surface area contributed by atoms with Gasteiger partial charge in [0.15, 0.2) is 5.65 Å². The highest BCUT2D eigenvalue weighted by Crippen LogP contribution is 2.24. The highest BCUT2D eigenvalue weighted by molar-refractivity contribution is 5.94. The van der Waals surface area contributed by atoms with Gasteiger partial charge in [-0.3, -0.25) is 14.3 Å². The lowest BCUT2D eigenvalue weighted by atomic mass is 10.2. The third-order valence-electron chi connectivity index (χ3n) is 3.87. The lowest BCUT2D eigenvalue weighted by Crippen LogP contribution is -2.36. The van der Waals surface area contributed by atoms with Crippen molar-refractivity contribution in [1.82, 2.24) is 19.5 Å². The predicted molar refractivity (Wildman–Crippen MR) is 89.7 cm³/mol. The zero-order valence-corrected chi connectivity index (χ0v) is 13.7. The quantitative estimate of drug-likeness (QED) is 0.805. The third kappa shape index (κ3) is 2.50. The molecule has 0 aliphatic heterocycles. The third-order valence-corrected chi connectivity index (χ3v) is 3.87. The molecule has 6 nitrogen and oxygen atoms in total. The molecule has 6 heteroatoms. The van der Waals surface area contributed by atoms with E-state index in [1.165, 1.54) is 6.07 Å². The Bertz CT molecular complexity index is 952. The summed E-state index contributed by atoms with van der Waals surface area (Å²) in [6, 6.07) is 8.79. The molecular formula is C17H20N4O2. The molecule has 0 bridgehead atoms. The number of nitrogens with one attached hydrogen (secondary N) is 1. The van der Waals surface area contributed by atoms with E-state index in [1.54, 1.807) is 0 Å². The second-order valence-electron chi connectivity index (χ2n) is 6.07. The Labute approximate surface area is 133 Å². The molecular weight excluding hydrogens is 292 g/mol. The molecule has 1 atom stereocenters. The molecule has 23 heavy (non-hydrogen) atoms. The zero-order valence-electron chi connectivity index (χ0n) is 13.7. The number of fused-ring (bicyclic) bond motifs is 3. The van der Waals surface area contributed by atoms with Crippen LogP contribution in [0.5, 0.6) is 0 Å². The van der Waals surface area contributed by atoms with Crippen molar-refractivity contribution in [3.8, 4) is 0 Å². The molecule has 0 spiro atoms. The summed E-state index contributed by atoms with van der Waals surface area (Å²) in [6.45, 7) is 7.56. The van der Waals surface area contributed by atoms with Gasteiger partial charge in [0.2, 0.25) is 5.91 Å². The minimum absolute atomic E-state index is 0.0653. The summed E-state index contributed by atoms with van der Waals surface area (Å²) in [7, 11) is 0. The Morgan fingerprint density at radius 3 is 2.61 bits per heavy atom. The molecule has 3 rings (SSSR count). The fourth-order valence-electron chi connectivity index (χ4n) is 2.91. The minimum atomic E-state index is -0.428. The molecule has 2 aromatic heterocycles. The first-order chi connectivity index (χ1) is 10.9. The summed E-state index contributed by atoms with van der Waals surface area (Å²) in [5.74, 6) is -0.0687. The maximum absolute atomic E-state index is 12.5. The van der Waals surface area contributed by atoms with Crippen LogP contribution >= 0.6 is 0 Å². The van der Waals surface area contributed by atoms with E-state index in [-0.39, 0.29) is 17.5 Å². The van der Waals surface area contributed by atoms with Crippen LogP contribution in [-0.4, -0.2) is 26.1 Å². The van der Waals surface area contributed by atoms with Gasteiger partial charge in [-0.25, -0.2) is 4.52 Å². The molecule has 2 heterocycles. The predicted octanol–water partition coefficient (Wildman–Crippen LogP) is 2.04. The summed E-state index contributed by atoms with van der Waals surface area (Å²) in [5.41, 5.74) is 1.93. The van der Waals surface area contributed by atoms with Gasteiger partial charge in [0.25, 0.3) is 5.56 Å². The zero-order chi connectivity index (χ0) is 16.7. The van der Waals surface area contributed by atoms with Crippen LogP contribution in [-0.2, 0) is 4.79 Å². The van der Waals surface area contributed by atoms with Gasteiger partial charge in [0.05, 0.1) is 5.52 Å². The number of carbonyl (C=O) groups is 1. The second kappa shape index (κ2) is 5.53. The normalized spacial score (nSPS) is 12.9. The van der Waals surface area contributed by atoms with Crippen molar-refractivity contribution >= 4 is 22.5 Å². The van der Waals surface area contributed by atoms with E-state index in [0.717, 1.165) is 16.6 Å². The van der Waals surface area contributed by atoms with Gasteiger partial charge in [0.1, 0.15) is 6.04 Å². The van der Waals surface area contributed by atoms with Gasteiger partial charge in [-0.15, -0.1) is 0 Å². The van der Waals surface area contributed by atoms with Crippen molar-refractivity contribution in [2.24, 2.45) is 0 Å². The van der Waals surface area contributed by atoms with Crippen molar-refractivity contribution in [2.75, 3.05) is 0 Å². The fraction of sp³-hybridized carbons (Fsp3) is 0.353. The molecule has 0 saturated heterocycles. The minimum Gasteiger partial charge on any atom is -0.352 e. The maximum Gasteiger partial charge on any atom is 0.273 e. The average molecular weight is 312 g/mol. The smallest absolute Gasteiger partial charge is 0.273 e. The molecule has 120 valence electrons. The van der Waals surface area contributed by atoms with E-state index in [0.29, 0.717) is 5.65 Å². The topological polar surface area (TPSA) is 68.4 Å². The Morgan fingerprint density at radius 2 is 1.91 bits per heavy atom. The number of aryl methyl sites for hydroxylation is 1. The molecule has 3 aromatic rings. The van der Waals surface area contributed by atoms with E-state index < -0.39 is 6.04 Å². The van der Waals surface area contributed by atoms with Gasteiger partial charge in [-0.05, 0) is 39.8 Å². The first-order valence-electron chi connectivity index (χ1n) is 7.70. The highest BCUT2D eigenvalue weighted by Gasteiger charge is 2.22. The van der Waals surface area contributed by atoms with Gasteiger partial charge in [0, 0.05) is 23.2 Å². The monoisotopic (exact) mass is 312 g/mol. The lowest BCUT2D eigenvalue weighted by Gasteiger charge is -2.19. The van der Waals surface area contributed by atoms with Crippen LogP contribution in [0.4, 0.5) is 0 Å². The van der Waals surface area contributed by atoms with Crippen LogP contribution in [0.2, 0.25) is 0 Å². The summed E-state index contributed by atoms with van der Waals surface area (Å²) < 4.78 is 3.74. The first kappa shape index (κ1) is 15.3. The molecule has 0 saturated carbocycles. The molecule has 0 radical (unpaired) electrons. The van der Waals surface area contributed by atoms with Gasteiger partial charge in [-0.1, -0.05) is 12.1 Å². The maximum atomic E-state index is 12.5. The molecule has 1 amide bonds. The van der Waals surface area contributed by atoms with Crippen LogP contribution in [0.1, 0.15) is 32.5 Å². The van der Waals surface area contributed by atoms with Crippen molar-refractivity contribution in [3.63, 3.8) is 0 Å². The van der Waals surface area contributed by atoms with Gasteiger partial charge in [-0.2, -0.15) is 4.98 Å². The molecule has 0 unspecified atom stereocenters. The Kier molecular flexibility index (Phi) is 3.67. The van der Waals surface area contributed by atoms with Crippen LogP contribution in [0.25, 0.3) is 16.6 Å². The number of amides is 1. The summed E-state index contributed by atoms with van der Waals surface area (Å²) in [4.78, 5) is 28.4. The largest absolute Gasteiger partial charge is 0.352 e. The molecule has 0 aliphatic carbocycles. The summed E-state index contributed by atoms with van der Waals surface area (Å²) in [6.07, 6.45) is 0. The van der Waals surface area contributed by atoms with E-state index in [2.05, 4.69) is 10.3 Å². The number of benzene rings is 1. The van der Waals surface area contributed by atoms with Gasteiger partial charge >= 0.3 is 0 Å². The Morgan fingerprint density at radius 1 is 1.22 bits per heavy atom. The standard InChI is InChI=1S/C17H20N4O2/c1-10(2)18-17(23)12(4)21-14-8-6-5-7-13(14)16-19-15(22)9-11(3)20(16)21/h5-10,12H,1-4H3,(H,18,23)/t12-/m1/s1. The van der Waals surface area contributed by atoms with Crippen LogP contribution < -0.4 is 10.9 Å². The van der Waals surface area contributed by atoms with Crippen molar-refractivity contribution in [1.29, 1.82) is 0 Å². The van der Waals surface area contributed by atoms with E-state index in [4.69, 9.17) is 0 Å². The van der Waals surface area contributed by atoms with E-state index in [9.17, 15) is 9.59 Å².